The summed E-state index contributed by atoms with van der Waals surface area (Å²) in [6, 6.07) is 15.0. The van der Waals surface area contributed by atoms with E-state index >= 15 is 0 Å². The van der Waals surface area contributed by atoms with Crippen LogP contribution in [0.3, 0.4) is 0 Å². The van der Waals surface area contributed by atoms with Gasteiger partial charge in [-0.25, -0.2) is 4.39 Å². The van der Waals surface area contributed by atoms with Crippen LogP contribution in [0, 0.1) is 12.7 Å². The van der Waals surface area contributed by atoms with E-state index in [1.165, 1.54) is 22.6 Å². The highest BCUT2D eigenvalue weighted by Gasteiger charge is 2.13. The lowest BCUT2D eigenvalue weighted by Crippen LogP contribution is -2.25. The zero-order valence-corrected chi connectivity index (χ0v) is 16.5. The minimum Gasteiger partial charge on any atom is -0.352 e. The third kappa shape index (κ3) is 4.41. The molecule has 0 saturated carbocycles. The highest BCUT2D eigenvalue weighted by molar-refractivity contribution is 7.10. The van der Waals surface area contributed by atoms with Gasteiger partial charge in [0, 0.05) is 28.1 Å². The van der Waals surface area contributed by atoms with E-state index in [-0.39, 0.29) is 11.7 Å². The maximum absolute atomic E-state index is 13.1. The van der Waals surface area contributed by atoms with Crippen molar-refractivity contribution >= 4 is 17.2 Å². The van der Waals surface area contributed by atoms with Gasteiger partial charge in [-0.2, -0.15) is 4.98 Å². The number of aryl methyl sites for hydroxylation is 1. The fourth-order valence-corrected chi connectivity index (χ4v) is 3.81. The predicted octanol–water partition coefficient (Wildman–Crippen LogP) is 4.89. The van der Waals surface area contributed by atoms with Crippen molar-refractivity contribution in [2.24, 2.45) is 0 Å². The van der Waals surface area contributed by atoms with Crippen LogP contribution in [0.4, 0.5) is 4.39 Å². The normalized spacial score (nSPS) is 10.8. The second-order valence-electron chi connectivity index (χ2n) is 6.54. The molecule has 0 atom stereocenters. The molecule has 146 valence electrons. The number of amides is 1. The van der Waals surface area contributed by atoms with E-state index in [0.29, 0.717) is 35.0 Å². The Morgan fingerprint density at radius 2 is 1.97 bits per heavy atom. The van der Waals surface area contributed by atoms with Crippen LogP contribution in [0.5, 0.6) is 0 Å². The zero-order valence-electron chi connectivity index (χ0n) is 15.7. The molecule has 1 amide bonds. The highest BCUT2D eigenvalue weighted by atomic mass is 32.1. The number of nitrogens with zero attached hydrogens (tertiary/aromatic N) is 2. The Hall–Kier alpha value is -3.32. The Morgan fingerprint density at radius 1 is 1.14 bits per heavy atom. The summed E-state index contributed by atoms with van der Waals surface area (Å²) in [4.78, 5) is 18.1. The first-order chi connectivity index (χ1) is 14.1. The van der Waals surface area contributed by atoms with Crippen molar-refractivity contribution in [3.8, 4) is 22.8 Å². The largest absolute Gasteiger partial charge is 0.352 e. The van der Waals surface area contributed by atoms with E-state index in [2.05, 4.69) is 33.8 Å². The SMILES string of the molecule is Cc1ccsc1CCNC(=O)c1cccc(-c2nc(-c3ccc(F)cc3)no2)c1. The maximum atomic E-state index is 13.1. The van der Waals surface area contributed by atoms with Gasteiger partial charge in [0.2, 0.25) is 5.82 Å². The summed E-state index contributed by atoms with van der Waals surface area (Å²) in [5.74, 6) is 0.180. The van der Waals surface area contributed by atoms with E-state index in [1.807, 2.05) is 0 Å². The quantitative estimate of drug-likeness (QED) is 0.494. The molecule has 2 aromatic heterocycles. The molecule has 0 aliphatic heterocycles. The van der Waals surface area contributed by atoms with E-state index in [0.717, 1.165) is 6.42 Å². The second kappa shape index (κ2) is 8.36. The Morgan fingerprint density at radius 3 is 2.72 bits per heavy atom. The minimum absolute atomic E-state index is 0.153. The number of nitrogens with one attached hydrogen (secondary N) is 1. The van der Waals surface area contributed by atoms with Gasteiger partial charge < -0.3 is 9.84 Å². The summed E-state index contributed by atoms with van der Waals surface area (Å²) in [7, 11) is 0. The van der Waals surface area contributed by atoms with Crippen LogP contribution in [-0.4, -0.2) is 22.6 Å². The van der Waals surface area contributed by atoms with Gasteiger partial charge in [-0.3, -0.25) is 4.79 Å². The molecule has 0 aliphatic rings. The van der Waals surface area contributed by atoms with Crippen molar-refractivity contribution in [1.29, 1.82) is 0 Å². The highest BCUT2D eigenvalue weighted by Crippen LogP contribution is 2.23. The molecule has 4 rings (SSSR count). The van der Waals surface area contributed by atoms with Gasteiger partial charge in [-0.05, 0) is 72.8 Å². The van der Waals surface area contributed by atoms with Crippen LogP contribution < -0.4 is 5.32 Å². The van der Waals surface area contributed by atoms with Crippen LogP contribution in [0.1, 0.15) is 20.8 Å². The standard InChI is InChI=1S/C22H18FN3O2S/c1-14-10-12-29-19(14)9-11-24-21(27)16-3-2-4-17(13-16)22-25-20(26-28-22)15-5-7-18(23)8-6-15/h2-8,10,12-13H,9,11H2,1H3,(H,24,27). The van der Waals surface area contributed by atoms with Crippen molar-refractivity contribution in [3.63, 3.8) is 0 Å². The number of hydrogen-bond acceptors (Lipinski definition) is 5. The summed E-state index contributed by atoms with van der Waals surface area (Å²) in [5.41, 5.74) is 3.07. The average Bonchev–Trinajstić information content (AvgIpc) is 3.38. The topological polar surface area (TPSA) is 68.0 Å². The summed E-state index contributed by atoms with van der Waals surface area (Å²) in [6.07, 6.45) is 0.805. The summed E-state index contributed by atoms with van der Waals surface area (Å²) in [5, 5.41) is 8.95. The fourth-order valence-electron chi connectivity index (χ4n) is 2.90. The molecule has 0 fully saturated rings. The third-order valence-electron chi connectivity index (χ3n) is 4.51. The Labute approximate surface area is 171 Å². The molecule has 7 heteroatoms. The summed E-state index contributed by atoms with van der Waals surface area (Å²) in [6.45, 7) is 2.64. The number of halogens is 1. The first-order valence-corrected chi connectivity index (χ1v) is 9.99. The maximum Gasteiger partial charge on any atom is 0.258 e. The summed E-state index contributed by atoms with van der Waals surface area (Å²) < 4.78 is 18.4. The molecule has 2 aromatic carbocycles. The molecule has 1 N–H and O–H groups in total. The first kappa shape index (κ1) is 19.0. The third-order valence-corrected chi connectivity index (χ3v) is 5.59. The van der Waals surface area contributed by atoms with Gasteiger partial charge in [0.25, 0.3) is 11.8 Å². The fraction of sp³-hybridized carbons (Fsp3) is 0.136. The number of benzene rings is 2. The van der Waals surface area contributed by atoms with Crippen molar-refractivity contribution in [2.75, 3.05) is 6.54 Å². The summed E-state index contributed by atoms with van der Waals surface area (Å²) >= 11 is 1.70. The Kier molecular flexibility index (Phi) is 5.48. The zero-order chi connectivity index (χ0) is 20.2. The Balaban J connectivity index is 1.45. The van der Waals surface area contributed by atoms with Crippen LogP contribution in [0.25, 0.3) is 22.8 Å². The van der Waals surface area contributed by atoms with E-state index in [9.17, 15) is 9.18 Å². The molecule has 2 heterocycles. The lowest BCUT2D eigenvalue weighted by molar-refractivity contribution is 0.0954. The van der Waals surface area contributed by atoms with Gasteiger partial charge in [-0.1, -0.05) is 11.2 Å². The molecule has 4 aromatic rings. The second-order valence-corrected chi connectivity index (χ2v) is 7.54. The molecule has 29 heavy (non-hydrogen) atoms. The minimum atomic E-state index is -0.328. The van der Waals surface area contributed by atoms with Gasteiger partial charge in [0.05, 0.1) is 0 Å². The van der Waals surface area contributed by atoms with E-state index in [4.69, 9.17) is 4.52 Å². The molecule has 5 nitrogen and oxygen atoms in total. The molecule has 0 saturated heterocycles. The van der Waals surface area contributed by atoms with Crippen molar-refractivity contribution in [1.82, 2.24) is 15.5 Å². The lowest BCUT2D eigenvalue weighted by atomic mass is 10.1. The lowest BCUT2D eigenvalue weighted by Gasteiger charge is -2.06. The van der Waals surface area contributed by atoms with Crippen LogP contribution in [0.15, 0.2) is 64.5 Å². The molecular weight excluding hydrogens is 389 g/mol. The van der Waals surface area contributed by atoms with Crippen LogP contribution in [-0.2, 0) is 6.42 Å². The molecule has 0 unspecified atom stereocenters. The Bertz CT molecular complexity index is 1130. The number of hydrogen-bond donors (Lipinski definition) is 1. The van der Waals surface area contributed by atoms with Gasteiger partial charge >= 0.3 is 0 Å². The molecule has 0 spiro atoms. The van der Waals surface area contributed by atoms with Crippen LogP contribution >= 0.6 is 11.3 Å². The van der Waals surface area contributed by atoms with Gasteiger partial charge in [0.1, 0.15) is 5.82 Å². The van der Waals surface area contributed by atoms with Crippen molar-refractivity contribution in [3.05, 3.63) is 81.8 Å². The van der Waals surface area contributed by atoms with Gasteiger partial charge in [0.15, 0.2) is 0 Å². The number of aromatic nitrogens is 2. The first-order valence-electron chi connectivity index (χ1n) is 9.11. The monoisotopic (exact) mass is 407 g/mol. The molecular formula is C22H18FN3O2S. The number of thiophene rings is 1. The van der Waals surface area contributed by atoms with Crippen LogP contribution in [0.2, 0.25) is 0 Å². The number of carbonyl (C=O) groups excluding carboxylic acids is 1. The smallest absolute Gasteiger partial charge is 0.258 e. The molecule has 0 aliphatic carbocycles. The van der Waals surface area contributed by atoms with Crippen molar-refractivity contribution in [2.45, 2.75) is 13.3 Å². The predicted molar refractivity (Wildman–Crippen MR) is 110 cm³/mol. The average molecular weight is 407 g/mol. The molecule has 0 bridgehead atoms. The van der Waals surface area contributed by atoms with E-state index in [1.54, 1.807) is 47.7 Å². The van der Waals surface area contributed by atoms with E-state index < -0.39 is 0 Å². The number of rotatable bonds is 6. The molecule has 0 radical (unpaired) electrons. The van der Waals surface area contributed by atoms with Crippen molar-refractivity contribution < 1.29 is 13.7 Å². The van der Waals surface area contributed by atoms with Gasteiger partial charge in [-0.15, -0.1) is 11.3 Å². The number of carbonyl (C=O) groups is 1.